The van der Waals surface area contributed by atoms with E-state index >= 15 is 0 Å². The van der Waals surface area contributed by atoms with Crippen molar-refractivity contribution in [3.05, 3.63) is 24.0 Å². The van der Waals surface area contributed by atoms with Crippen LogP contribution in [-0.4, -0.2) is 39.0 Å². The summed E-state index contributed by atoms with van der Waals surface area (Å²) in [5, 5.41) is 8.84. The summed E-state index contributed by atoms with van der Waals surface area (Å²) in [7, 11) is 0. The molecule has 0 spiro atoms. The van der Waals surface area contributed by atoms with Crippen LogP contribution in [0, 0.1) is 5.92 Å². The standard InChI is InChI=1S/C14H22N2O3/c1-10(2)8-16(11(3)4)14(19)12-6-5-7-15(12)9-13(17)18/h5-7,10-11H,8-9H2,1-4H3,(H,17,18). The lowest BCUT2D eigenvalue weighted by Crippen LogP contribution is -2.40. The van der Waals surface area contributed by atoms with Gasteiger partial charge in [0.05, 0.1) is 0 Å². The van der Waals surface area contributed by atoms with Crippen molar-refractivity contribution >= 4 is 11.9 Å². The number of hydrogen-bond acceptors (Lipinski definition) is 2. The number of amides is 1. The Labute approximate surface area is 113 Å². The Morgan fingerprint density at radius 3 is 2.42 bits per heavy atom. The molecule has 0 saturated carbocycles. The van der Waals surface area contributed by atoms with Gasteiger partial charge in [0.1, 0.15) is 12.2 Å². The van der Waals surface area contributed by atoms with Crippen molar-refractivity contribution in [2.75, 3.05) is 6.54 Å². The number of carbonyl (C=O) groups excluding carboxylic acids is 1. The minimum Gasteiger partial charge on any atom is -0.480 e. The third-order valence-corrected chi connectivity index (χ3v) is 2.80. The fourth-order valence-corrected chi connectivity index (χ4v) is 1.96. The van der Waals surface area contributed by atoms with Gasteiger partial charge in [-0.15, -0.1) is 0 Å². The molecule has 106 valence electrons. The molecule has 1 aromatic rings. The van der Waals surface area contributed by atoms with Crippen LogP contribution >= 0.6 is 0 Å². The van der Waals surface area contributed by atoms with Crippen LogP contribution in [0.5, 0.6) is 0 Å². The van der Waals surface area contributed by atoms with Crippen molar-refractivity contribution in [3.63, 3.8) is 0 Å². The normalized spacial score (nSPS) is 11.1. The lowest BCUT2D eigenvalue weighted by Gasteiger charge is -2.28. The highest BCUT2D eigenvalue weighted by Crippen LogP contribution is 2.12. The molecule has 0 aliphatic heterocycles. The fourth-order valence-electron chi connectivity index (χ4n) is 1.96. The molecule has 0 unspecified atom stereocenters. The van der Waals surface area contributed by atoms with Gasteiger partial charge in [-0.25, -0.2) is 0 Å². The van der Waals surface area contributed by atoms with Crippen LogP contribution in [0.25, 0.3) is 0 Å². The zero-order chi connectivity index (χ0) is 14.6. The summed E-state index contributed by atoms with van der Waals surface area (Å²) in [4.78, 5) is 25.1. The van der Waals surface area contributed by atoms with E-state index in [9.17, 15) is 9.59 Å². The Morgan fingerprint density at radius 2 is 1.95 bits per heavy atom. The van der Waals surface area contributed by atoms with Crippen LogP contribution in [0.15, 0.2) is 18.3 Å². The van der Waals surface area contributed by atoms with Crippen molar-refractivity contribution in [2.45, 2.75) is 40.3 Å². The predicted molar refractivity (Wildman–Crippen MR) is 73.1 cm³/mol. The van der Waals surface area contributed by atoms with E-state index in [2.05, 4.69) is 13.8 Å². The van der Waals surface area contributed by atoms with Gasteiger partial charge in [0.2, 0.25) is 0 Å². The number of carbonyl (C=O) groups is 2. The van der Waals surface area contributed by atoms with Crippen LogP contribution < -0.4 is 0 Å². The van der Waals surface area contributed by atoms with E-state index in [4.69, 9.17) is 5.11 Å². The number of nitrogens with zero attached hydrogens (tertiary/aromatic N) is 2. The molecule has 0 atom stereocenters. The highest BCUT2D eigenvalue weighted by atomic mass is 16.4. The maximum atomic E-state index is 12.5. The van der Waals surface area contributed by atoms with Gasteiger partial charge in [0, 0.05) is 18.8 Å². The zero-order valence-corrected chi connectivity index (χ0v) is 12.0. The van der Waals surface area contributed by atoms with Crippen molar-refractivity contribution in [3.8, 4) is 0 Å². The first-order chi connectivity index (χ1) is 8.82. The van der Waals surface area contributed by atoms with E-state index in [-0.39, 0.29) is 18.5 Å². The predicted octanol–water partition coefficient (Wildman–Crippen LogP) is 2.08. The van der Waals surface area contributed by atoms with Gasteiger partial charge >= 0.3 is 5.97 Å². The summed E-state index contributed by atoms with van der Waals surface area (Å²) in [5.41, 5.74) is 0.428. The molecule has 1 rings (SSSR count). The first-order valence-electron chi connectivity index (χ1n) is 6.50. The summed E-state index contributed by atoms with van der Waals surface area (Å²) in [6.07, 6.45) is 1.62. The van der Waals surface area contributed by atoms with Crippen LogP contribution in [0.3, 0.4) is 0 Å². The summed E-state index contributed by atoms with van der Waals surface area (Å²) in [5.74, 6) is -0.700. The second-order valence-corrected chi connectivity index (χ2v) is 5.36. The molecular formula is C14H22N2O3. The van der Waals surface area contributed by atoms with Gasteiger partial charge in [-0.2, -0.15) is 0 Å². The van der Waals surface area contributed by atoms with Crippen molar-refractivity contribution in [1.29, 1.82) is 0 Å². The van der Waals surface area contributed by atoms with Gasteiger partial charge in [-0.3, -0.25) is 9.59 Å². The molecule has 5 heteroatoms. The van der Waals surface area contributed by atoms with E-state index in [1.807, 2.05) is 13.8 Å². The lowest BCUT2D eigenvalue weighted by atomic mass is 10.1. The number of hydrogen-bond donors (Lipinski definition) is 1. The second kappa shape index (κ2) is 6.41. The fraction of sp³-hybridized carbons (Fsp3) is 0.571. The molecule has 1 amide bonds. The topological polar surface area (TPSA) is 62.5 Å². The monoisotopic (exact) mass is 266 g/mol. The average Bonchev–Trinajstić information content (AvgIpc) is 2.71. The minimum absolute atomic E-state index is 0.0862. The lowest BCUT2D eigenvalue weighted by molar-refractivity contribution is -0.137. The molecule has 0 saturated heterocycles. The molecule has 1 heterocycles. The number of carboxylic acid groups (broad SMARTS) is 1. The Morgan fingerprint density at radius 1 is 1.32 bits per heavy atom. The molecule has 1 N–H and O–H groups in total. The Balaban J connectivity index is 2.96. The highest BCUT2D eigenvalue weighted by molar-refractivity contribution is 5.93. The van der Waals surface area contributed by atoms with Crippen LogP contribution in [0.2, 0.25) is 0 Å². The largest absolute Gasteiger partial charge is 0.480 e. The van der Waals surface area contributed by atoms with E-state index in [1.165, 1.54) is 4.57 Å². The van der Waals surface area contributed by atoms with Gasteiger partial charge in [0.15, 0.2) is 0 Å². The van der Waals surface area contributed by atoms with E-state index in [0.29, 0.717) is 18.2 Å². The Kier molecular flexibility index (Phi) is 5.15. The summed E-state index contributed by atoms with van der Waals surface area (Å²) in [6.45, 7) is 8.50. The minimum atomic E-state index is -0.954. The van der Waals surface area contributed by atoms with Gasteiger partial charge in [0.25, 0.3) is 5.91 Å². The Bertz CT molecular complexity index is 449. The SMILES string of the molecule is CC(C)CN(C(=O)c1cccn1CC(=O)O)C(C)C. The molecule has 0 fully saturated rings. The van der Waals surface area contributed by atoms with E-state index in [1.54, 1.807) is 23.2 Å². The zero-order valence-electron chi connectivity index (χ0n) is 12.0. The molecule has 0 aliphatic carbocycles. The van der Waals surface area contributed by atoms with Gasteiger partial charge in [-0.05, 0) is 31.9 Å². The molecule has 0 aliphatic rings. The van der Waals surface area contributed by atoms with Crippen molar-refractivity contribution in [2.24, 2.45) is 5.92 Å². The third kappa shape index (κ3) is 4.12. The molecule has 19 heavy (non-hydrogen) atoms. The van der Waals surface area contributed by atoms with Crippen LogP contribution in [-0.2, 0) is 11.3 Å². The second-order valence-electron chi connectivity index (χ2n) is 5.36. The quantitative estimate of drug-likeness (QED) is 0.857. The van der Waals surface area contributed by atoms with E-state index in [0.717, 1.165) is 0 Å². The van der Waals surface area contributed by atoms with Gasteiger partial charge in [-0.1, -0.05) is 13.8 Å². The molecule has 0 radical (unpaired) electrons. The van der Waals surface area contributed by atoms with Crippen molar-refractivity contribution in [1.82, 2.24) is 9.47 Å². The van der Waals surface area contributed by atoms with Crippen LogP contribution in [0.1, 0.15) is 38.2 Å². The summed E-state index contributed by atoms with van der Waals surface area (Å²) in [6, 6.07) is 3.45. The van der Waals surface area contributed by atoms with E-state index < -0.39 is 5.97 Å². The maximum absolute atomic E-state index is 12.5. The first-order valence-corrected chi connectivity index (χ1v) is 6.50. The number of rotatable bonds is 6. The molecule has 0 aromatic carbocycles. The number of aliphatic carboxylic acids is 1. The average molecular weight is 266 g/mol. The first kappa shape index (κ1) is 15.3. The number of carboxylic acids is 1. The Hall–Kier alpha value is -1.78. The highest BCUT2D eigenvalue weighted by Gasteiger charge is 2.22. The van der Waals surface area contributed by atoms with Gasteiger partial charge < -0.3 is 14.6 Å². The smallest absolute Gasteiger partial charge is 0.323 e. The van der Waals surface area contributed by atoms with Crippen LogP contribution in [0.4, 0.5) is 0 Å². The molecule has 1 aromatic heterocycles. The summed E-state index contributed by atoms with van der Waals surface area (Å²) >= 11 is 0. The maximum Gasteiger partial charge on any atom is 0.323 e. The van der Waals surface area contributed by atoms with Crippen molar-refractivity contribution < 1.29 is 14.7 Å². The molecular weight excluding hydrogens is 244 g/mol. The number of aromatic nitrogens is 1. The third-order valence-electron chi connectivity index (χ3n) is 2.80. The summed E-state index contributed by atoms with van der Waals surface area (Å²) < 4.78 is 1.47. The molecule has 0 bridgehead atoms. The molecule has 5 nitrogen and oxygen atoms in total.